The van der Waals surface area contributed by atoms with Crippen LogP contribution in [0.4, 0.5) is 74.6 Å². The number of rotatable bonds is 6. The highest BCUT2D eigenvalue weighted by Gasteiger charge is 2.93. The van der Waals surface area contributed by atoms with Gasteiger partial charge in [-0.25, -0.2) is 12.8 Å². The van der Waals surface area contributed by atoms with E-state index in [4.69, 9.17) is 13.0 Å². The van der Waals surface area contributed by atoms with Crippen LogP contribution in [0.1, 0.15) is 0 Å². The molecule has 0 N–H and O–H groups in total. The molecular weight excluding hydrogens is 686 g/mol. The minimum absolute atomic E-state index is 0.410. The van der Waals surface area contributed by atoms with Crippen molar-refractivity contribution >= 4 is 10.1 Å². The number of alkyl halides is 17. The average molecular weight is 690 g/mol. The van der Waals surface area contributed by atoms with Crippen molar-refractivity contribution in [3.63, 3.8) is 0 Å². The fourth-order valence-electron chi connectivity index (χ4n) is 1.44. The summed E-state index contributed by atoms with van der Waals surface area (Å²) >= 11 is -3.69. The second-order valence-corrected chi connectivity index (χ2v) is 10.2. The van der Waals surface area contributed by atoms with Crippen molar-refractivity contribution in [3.05, 3.63) is 33.7 Å². The molecule has 22 heteroatoms. The van der Waals surface area contributed by atoms with E-state index in [1.165, 1.54) is 0 Å². The van der Waals surface area contributed by atoms with Gasteiger partial charge in [0, 0.05) is 0 Å². The first-order valence-electron chi connectivity index (χ1n) is 7.37. The van der Waals surface area contributed by atoms with Gasteiger partial charge in [-0.1, -0.05) is 0 Å². The quantitative estimate of drug-likeness (QED) is 0.152. The third-order valence-electron chi connectivity index (χ3n) is 3.21. The zero-order chi connectivity index (χ0) is 28.7. The summed E-state index contributed by atoms with van der Waals surface area (Å²) in [7, 11) is -6.09. The maximum absolute atomic E-state index is 13.6. The largest absolute Gasteiger partial charge is 0.741 e. The molecule has 0 aliphatic rings. The first-order valence-corrected chi connectivity index (χ1v) is 10.9. The molecule has 0 amide bonds. The smallest absolute Gasteiger partial charge is 0.516 e. The minimum atomic E-state index is -7.91. The van der Waals surface area contributed by atoms with Crippen LogP contribution >= 0.6 is 0 Å². The van der Waals surface area contributed by atoms with Crippen LogP contribution in [-0.4, -0.2) is 52.3 Å². The Morgan fingerprint density at radius 3 is 1.20 bits per heavy atom. The molecular formula is C13H4F17IO3S. The van der Waals surface area contributed by atoms with Gasteiger partial charge in [-0.3, -0.25) is 0 Å². The maximum Gasteiger partial charge on any atom is 0.516 e. The normalized spacial score (nSPS) is 14.9. The Kier molecular flexibility index (Phi) is 9.48. The van der Waals surface area contributed by atoms with Gasteiger partial charge >= 0.3 is 60.5 Å². The average Bonchev–Trinajstić information content (AvgIpc) is 2.60. The number of hydrogen-bond acceptors (Lipinski definition) is 3. The van der Waals surface area contributed by atoms with Gasteiger partial charge in [0.05, 0.1) is 0 Å². The third kappa shape index (κ3) is 6.71. The van der Waals surface area contributed by atoms with Crippen molar-refractivity contribution in [2.45, 2.75) is 39.3 Å². The van der Waals surface area contributed by atoms with Crippen molar-refractivity contribution in [1.82, 2.24) is 0 Å². The third-order valence-corrected chi connectivity index (χ3v) is 6.47. The molecule has 0 spiro atoms. The minimum Gasteiger partial charge on any atom is -0.741 e. The van der Waals surface area contributed by atoms with Crippen LogP contribution < -0.4 is 21.2 Å². The van der Waals surface area contributed by atoms with Gasteiger partial charge in [0.25, 0.3) is 0 Å². The first kappa shape index (κ1) is 33.7. The maximum atomic E-state index is 13.6. The van der Waals surface area contributed by atoms with E-state index in [1.54, 1.807) is 0 Å². The molecule has 0 heterocycles. The van der Waals surface area contributed by atoms with Crippen LogP contribution in [-0.2, 0) is 10.1 Å². The van der Waals surface area contributed by atoms with E-state index in [0.29, 0.717) is 24.3 Å². The lowest BCUT2D eigenvalue weighted by atomic mass is 9.98. The van der Waals surface area contributed by atoms with Gasteiger partial charge < -0.3 is 4.55 Å². The predicted octanol–water partition coefficient (Wildman–Crippen LogP) is 2.83. The van der Waals surface area contributed by atoms with Gasteiger partial charge in [0.15, 0.2) is 13.7 Å². The van der Waals surface area contributed by atoms with Crippen LogP contribution in [0.2, 0.25) is 0 Å². The number of halogens is 18. The molecule has 0 atom stereocenters. The van der Waals surface area contributed by atoms with Crippen molar-refractivity contribution in [3.8, 4) is 0 Å². The van der Waals surface area contributed by atoms with E-state index in [0.717, 1.165) is 0 Å². The molecule has 0 aliphatic carbocycles. The van der Waals surface area contributed by atoms with Crippen LogP contribution in [0.15, 0.2) is 24.3 Å². The molecule has 1 aromatic carbocycles. The molecule has 1 rings (SSSR count). The Balaban J connectivity index is 0.00000124. The fraction of sp³-hybridized carbons (Fsp3) is 0.538. The van der Waals surface area contributed by atoms with Crippen LogP contribution in [0.25, 0.3) is 0 Å². The molecule has 0 radical (unpaired) electrons. The van der Waals surface area contributed by atoms with E-state index in [9.17, 15) is 74.6 Å². The van der Waals surface area contributed by atoms with Gasteiger partial charge in [0.1, 0.15) is 5.82 Å². The Morgan fingerprint density at radius 2 is 0.914 bits per heavy atom. The first-order chi connectivity index (χ1) is 15.0. The van der Waals surface area contributed by atoms with E-state index >= 15 is 0 Å². The fourth-order valence-corrected chi connectivity index (χ4v) is 3.62. The zero-order valence-electron chi connectivity index (χ0n) is 15.2. The Bertz CT molecular complexity index is 966. The van der Waals surface area contributed by atoms with Crippen molar-refractivity contribution in [2.24, 2.45) is 0 Å². The van der Waals surface area contributed by atoms with E-state index in [-0.39, 0.29) is 0 Å². The molecule has 206 valence electrons. The van der Waals surface area contributed by atoms with Crippen LogP contribution in [0.5, 0.6) is 0 Å². The highest BCUT2D eigenvalue weighted by Crippen LogP contribution is 2.59. The highest BCUT2D eigenvalue weighted by atomic mass is 127. The van der Waals surface area contributed by atoms with Crippen LogP contribution in [0, 0.1) is 9.39 Å². The Hall–Kier alpha value is -1.33. The topological polar surface area (TPSA) is 57.2 Å². The Morgan fingerprint density at radius 1 is 0.600 bits per heavy atom. The molecule has 0 saturated carbocycles. The lowest BCUT2D eigenvalue weighted by Crippen LogP contribution is -3.68. The summed E-state index contributed by atoms with van der Waals surface area (Å²) in [6, 6.07) is 1.67. The molecule has 0 bridgehead atoms. The molecule has 1 aromatic rings. The van der Waals surface area contributed by atoms with Gasteiger partial charge in [-0.2, -0.15) is 70.2 Å². The van der Waals surface area contributed by atoms with Gasteiger partial charge in [-0.15, -0.1) is 0 Å². The van der Waals surface area contributed by atoms with E-state index in [1.807, 2.05) is 0 Å². The van der Waals surface area contributed by atoms with E-state index < -0.39 is 80.0 Å². The second kappa shape index (κ2) is 9.85. The molecule has 0 aromatic heterocycles. The number of benzene rings is 1. The monoisotopic (exact) mass is 690 g/mol. The molecule has 3 nitrogen and oxygen atoms in total. The number of hydrogen-bond donors (Lipinski definition) is 0. The van der Waals surface area contributed by atoms with Crippen molar-refractivity contribution < 1.29 is 109 Å². The van der Waals surface area contributed by atoms with E-state index in [2.05, 4.69) is 0 Å². The molecule has 0 aliphatic heterocycles. The summed E-state index contributed by atoms with van der Waals surface area (Å²) in [6.07, 6.45) is -7.43. The van der Waals surface area contributed by atoms with Crippen LogP contribution in [0.3, 0.4) is 0 Å². The van der Waals surface area contributed by atoms with Crippen molar-refractivity contribution in [1.29, 1.82) is 0 Å². The standard InChI is InChI=1S/C12H4F14I.CHF3O3S/c13-5-1-3-6(4-2-5)27-12(25,26)10(20,21)8(16,17)7(14,15)9(18,19)11(22,23)24;2-1(3,4)8(5,6)7/h1-4H;(H,5,6,7)/q+1;/p-1. The predicted molar refractivity (Wildman–Crippen MR) is 71.6 cm³/mol. The summed E-state index contributed by atoms with van der Waals surface area (Å²) in [5.41, 5.74) is -5.65. The molecule has 0 unspecified atom stereocenters. The SMILES string of the molecule is Fc1ccc([I+]C(F)(F)C(F)(F)C(F)(F)C(F)(F)C(F)(F)C(F)(F)F)cc1.O=S(=O)([O-])C(F)(F)F. The van der Waals surface area contributed by atoms with Crippen molar-refractivity contribution in [2.75, 3.05) is 0 Å². The summed E-state index contributed by atoms with van der Waals surface area (Å²) in [5, 5.41) is 0. The summed E-state index contributed by atoms with van der Waals surface area (Å²) in [4.78, 5) is 0. The molecule has 0 saturated heterocycles. The summed E-state index contributed by atoms with van der Waals surface area (Å²) in [5.74, 6) is -31.8. The van der Waals surface area contributed by atoms with Gasteiger partial charge in [-0.05, 0) is 24.3 Å². The lowest BCUT2D eigenvalue weighted by molar-refractivity contribution is -0.790. The molecule has 0 fully saturated rings. The second-order valence-electron chi connectivity index (χ2n) is 5.72. The molecule has 35 heavy (non-hydrogen) atoms. The van der Waals surface area contributed by atoms with Gasteiger partial charge in [0.2, 0.25) is 0 Å². The summed E-state index contributed by atoms with van der Waals surface area (Å²) in [6.45, 7) is 0. The summed E-state index contributed by atoms with van der Waals surface area (Å²) < 4.78 is 232. The lowest BCUT2D eigenvalue weighted by Gasteiger charge is -2.36. The Labute approximate surface area is 192 Å². The zero-order valence-corrected chi connectivity index (χ0v) is 18.2. The highest BCUT2D eigenvalue weighted by molar-refractivity contribution is 7.86.